The van der Waals surface area contributed by atoms with Crippen LogP contribution in [-0.4, -0.2) is 106 Å². The number of likely N-dealkylation sites (N-methyl/N-ethyl adjacent to an activating group) is 1. The first-order valence-corrected chi connectivity index (χ1v) is 11.9. The molecule has 0 radical (unpaired) electrons. The van der Waals surface area contributed by atoms with Crippen LogP contribution in [0.4, 0.5) is 5.69 Å². The van der Waals surface area contributed by atoms with Crippen molar-refractivity contribution in [3.8, 4) is 0 Å². The third-order valence-electron chi connectivity index (χ3n) is 6.32. The van der Waals surface area contributed by atoms with Crippen LogP contribution in [0.5, 0.6) is 0 Å². The maximum atomic E-state index is 13.1. The summed E-state index contributed by atoms with van der Waals surface area (Å²) in [5, 5.41) is 5.59. The molecule has 0 saturated carbocycles. The van der Waals surface area contributed by atoms with Crippen molar-refractivity contribution in [1.29, 1.82) is 0 Å². The average Bonchev–Trinajstić information content (AvgIpc) is 3.11. The van der Waals surface area contributed by atoms with Gasteiger partial charge in [0.2, 0.25) is 5.91 Å². The Morgan fingerprint density at radius 3 is 2.50 bits per heavy atom. The van der Waals surface area contributed by atoms with Gasteiger partial charge < -0.3 is 25.1 Å². The van der Waals surface area contributed by atoms with E-state index in [4.69, 9.17) is 4.74 Å². The van der Waals surface area contributed by atoms with Crippen LogP contribution in [0.3, 0.4) is 0 Å². The van der Waals surface area contributed by atoms with Crippen molar-refractivity contribution >= 4 is 29.7 Å². The van der Waals surface area contributed by atoms with Crippen LogP contribution in [0.15, 0.2) is 18.2 Å². The van der Waals surface area contributed by atoms with Crippen LogP contribution in [0.2, 0.25) is 0 Å². The summed E-state index contributed by atoms with van der Waals surface area (Å²) in [7, 11) is 3.38. The van der Waals surface area contributed by atoms with E-state index in [9.17, 15) is 19.2 Å². The fraction of sp³-hybridized carbons (Fsp3) is 0.583. The number of anilines is 1. The summed E-state index contributed by atoms with van der Waals surface area (Å²) in [6.45, 7) is 6.72. The lowest BCUT2D eigenvalue weighted by Crippen LogP contribution is -2.48. The molecule has 10 nitrogen and oxygen atoms in total. The van der Waals surface area contributed by atoms with E-state index in [2.05, 4.69) is 20.4 Å². The molecule has 2 aliphatic heterocycles. The summed E-state index contributed by atoms with van der Waals surface area (Å²) in [5.41, 5.74) is 1.48. The molecule has 186 valence electrons. The zero-order chi connectivity index (χ0) is 24.5. The number of hydrogen-bond donors (Lipinski definition) is 2. The molecule has 3 amide bonds. The highest BCUT2D eigenvalue weighted by Crippen LogP contribution is 2.30. The van der Waals surface area contributed by atoms with Crippen LogP contribution >= 0.6 is 0 Å². The molecule has 0 aromatic heterocycles. The Morgan fingerprint density at radius 1 is 1.09 bits per heavy atom. The second kappa shape index (κ2) is 12.6. The molecule has 10 heteroatoms. The lowest BCUT2D eigenvalue weighted by atomic mass is 10.1. The number of carbonyl (C=O) groups excluding carboxylic acids is 4. The van der Waals surface area contributed by atoms with E-state index in [-0.39, 0.29) is 12.8 Å². The number of amides is 3. The van der Waals surface area contributed by atoms with Gasteiger partial charge in [0.25, 0.3) is 11.8 Å². The third kappa shape index (κ3) is 5.99. The number of nitrogens with one attached hydrogen (secondary N) is 2. The van der Waals surface area contributed by atoms with E-state index < -0.39 is 23.8 Å². The SMILES string of the molecule is CNCCCOCCN1CCN(c2ccc3c(c2)C(=O)N(C(CCC=O)C(=O)NC)C3=O)CC1. The smallest absolute Gasteiger partial charge is 0.262 e. The molecule has 0 bridgehead atoms. The summed E-state index contributed by atoms with van der Waals surface area (Å²) >= 11 is 0. The van der Waals surface area contributed by atoms with Gasteiger partial charge in [0.1, 0.15) is 12.3 Å². The first kappa shape index (κ1) is 25.8. The van der Waals surface area contributed by atoms with Crippen molar-refractivity contribution in [2.24, 2.45) is 0 Å². The predicted octanol–water partition coefficient (Wildman–Crippen LogP) is 0.124. The minimum absolute atomic E-state index is 0.0853. The molecule has 0 aliphatic carbocycles. The Hall–Kier alpha value is -2.82. The van der Waals surface area contributed by atoms with Crippen molar-refractivity contribution in [2.75, 3.05) is 71.5 Å². The summed E-state index contributed by atoms with van der Waals surface area (Å²) in [6, 6.07) is 4.26. The molecule has 0 spiro atoms. The van der Waals surface area contributed by atoms with Gasteiger partial charge in [0, 0.05) is 58.5 Å². The lowest BCUT2D eigenvalue weighted by molar-refractivity contribution is -0.124. The second-order valence-electron chi connectivity index (χ2n) is 8.48. The van der Waals surface area contributed by atoms with Gasteiger partial charge in [0.05, 0.1) is 17.7 Å². The summed E-state index contributed by atoms with van der Waals surface area (Å²) in [4.78, 5) is 54.8. The lowest BCUT2D eigenvalue weighted by Gasteiger charge is -2.36. The number of hydrogen-bond acceptors (Lipinski definition) is 8. The monoisotopic (exact) mass is 473 g/mol. The van der Waals surface area contributed by atoms with Crippen molar-refractivity contribution in [2.45, 2.75) is 25.3 Å². The zero-order valence-electron chi connectivity index (χ0n) is 20.0. The van der Waals surface area contributed by atoms with Gasteiger partial charge in [0.15, 0.2) is 0 Å². The zero-order valence-corrected chi connectivity index (χ0v) is 20.0. The van der Waals surface area contributed by atoms with Gasteiger partial charge in [-0.05, 0) is 44.6 Å². The minimum Gasteiger partial charge on any atom is -0.380 e. The molecule has 3 rings (SSSR count). The fourth-order valence-corrected chi connectivity index (χ4v) is 4.37. The predicted molar refractivity (Wildman–Crippen MR) is 128 cm³/mol. The van der Waals surface area contributed by atoms with Crippen molar-refractivity contribution in [3.05, 3.63) is 29.3 Å². The number of piperazine rings is 1. The first-order valence-electron chi connectivity index (χ1n) is 11.9. The molecule has 2 N–H and O–H groups in total. The number of imide groups is 1. The van der Waals surface area contributed by atoms with E-state index in [1.165, 1.54) is 7.05 Å². The molecule has 1 aromatic rings. The molecule has 1 unspecified atom stereocenters. The Labute approximate surface area is 200 Å². The number of aldehydes is 1. The standard InChI is InChI=1S/C24H35N5O5/c1-25-8-4-15-34-16-13-27-9-11-28(12-10-27)18-6-7-19-20(17-18)24(33)29(23(19)32)21(5-3-14-30)22(31)26-2/h6-7,14,17,21,25H,3-5,8-13,15-16H2,1-2H3,(H,26,31). The molecule has 2 heterocycles. The summed E-state index contributed by atoms with van der Waals surface area (Å²) in [6.07, 6.45) is 1.87. The number of carbonyl (C=O) groups is 4. The van der Waals surface area contributed by atoms with Gasteiger partial charge in [-0.1, -0.05) is 0 Å². The summed E-state index contributed by atoms with van der Waals surface area (Å²) < 4.78 is 5.68. The maximum Gasteiger partial charge on any atom is 0.262 e. The van der Waals surface area contributed by atoms with E-state index >= 15 is 0 Å². The quantitative estimate of drug-likeness (QED) is 0.236. The number of ether oxygens (including phenoxy) is 1. The molecule has 1 atom stereocenters. The second-order valence-corrected chi connectivity index (χ2v) is 8.48. The average molecular weight is 474 g/mol. The Balaban J connectivity index is 1.60. The van der Waals surface area contributed by atoms with Gasteiger partial charge in [-0.25, -0.2) is 0 Å². The molecule has 2 aliphatic rings. The molecular formula is C24H35N5O5. The molecule has 1 saturated heterocycles. The normalized spacial score (nSPS) is 17.1. The first-order chi connectivity index (χ1) is 16.5. The summed E-state index contributed by atoms with van der Waals surface area (Å²) in [5.74, 6) is -1.44. The number of rotatable bonds is 13. The van der Waals surface area contributed by atoms with Crippen LogP contribution in [0, 0.1) is 0 Å². The number of nitrogens with zero attached hydrogens (tertiary/aromatic N) is 3. The van der Waals surface area contributed by atoms with Gasteiger partial charge in [-0.2, -0.15) is 0 Å². The van der Waals surface area contributed by atoms with Crippen LogP contribution in [0.25, 0.3) is 0 Å². The Bertz CT molecular complexity index is 885. The minimum atomic E-state index is -1.00. The third-order valence-corrected chi connectivity index (χ3v) is 6.32. The van der Waals surface area contributed by atoms with E-state index in [1.807, 2.05) is 13.1 Å². The van der Waals surface area contributed by atoms with Crippen LogP contribution in [-0.2, 0) is 14.3 Å². The highest BCUT2D eigenvalue weighted by molar-refractivity contribution is 6.23. The van der Waals surface area contributed by atoms with E-state index in [1.54, 1.807) is 12.1 Å². The largest absolute Gasteiger partial charge is 0.380 e. The topological polar surface area (TPSA) is 111 Å². The van der Waals surface area contributed by atoms with Crippen molar-refractivity contribution < 1.29 is 23.9 Å². The van der Waals surface area contributed by atoms with Crippen molar-refractivity contribution in [1.82, 2.24) is 20.4 Å². The molecule has 1 fully saturated rings. The van der Waals surface area contributed by atoms with E-state index in [0.29, 0.717) is 24.0 Å². The van der Waals surface area contributed by atoms with Crippen LogP contribution < -0.4 is 15.5 Å². The highest BCUT2D eigenvalue weighted by atomic mass is 16.5. The highest BCUT2D eigenvalue weighted by Gasteiger charge is 2.42. The van der Waals surface area contributed by atoms with Crippen LogP contribution in [0.1, 0.15) is 40.0 Å². The molecular weight excluding hydrogens is 438 g/mol. The van der Waals surface area contributed by atoms with Crippen molar-refractivity contribution in [3.63, 3.8) is 0 Å². The van der Waals surface area contributed by atoms with Gasteiger partial charge in [-0.3, -0.25) is 24.2 Å². The maximum absolute atomic E-state index is 13.1. The van der Waals surface area contributed by atoms with E-state index in [0.717, 1.165) is 62.9 Å². The Morgan fingerprint density at radius 2 is 1.82 bits per heavy atom. The molecule has 1 aromatic carbocycles. The number of benzene rings is 1. The Kier molecular flexibility index (Phi) is 9.55. The number of fused-ring (bicyclic) bond motifs is 1. The van der Waals surface area contributed by atoms with Gasteiger partial charge >= 0.3 is 0 Å². The molecule has 34 heavy (non-hydrogen) atoms. The fourth-order valence-electron chi connectivity index (χ4n) is 4.37. The van der Waals surface area contributed by atoms with Gasteiger partial charge in [-0.15, -0.1) is 0 Å².